The first-order valence-corrected chi connectivity index (χ1v) is 9.68. The van der Waals surface area contributed by atoms with Crippen molar-refractivity contribution in [3.8, 4) is 0 Å². The van der Waals surface area contributed by atoms with Gasteiger partial charge >= 0.3 is 0 Å². The van der Waals surface area contributed by atoms with E-state index in [1.165, 1.54) is 30.3 Å². The number of carbonyl (C=O) groups excluding carboxylic acids is 1. The SMILES string of the molecule is Cc1cc([N+](=O)[O-])ccc1NC(=O)CS(=O)(=O)c1ccc2ccccc2c1. The Labute approximate surface area is 155 Å². The van der Waals surface area contributed by atoms with Crippen molar-refractivity contribution in [3.63, 3.8) is 0 Å². The molecule has 0 aliphatic carbocycles. The first kappa shape index (κ1) is 18.5. The standard InChI is InChI=1S/C19H16N2O5S/c1-13-10-16(21(23)24)7-9-18(13)20-19(22)12-27(25,26)17-8-6-14-4-2-3-5-15(14)11-17/h2-11H,12H2,1H3,(H,20,22). The molecule has 0 spiro atoms. The van der Waals surface area contributed by atoms with Gasteiger partial charge in [0.25, 0.3) is 5.69 Å². The van der Waals surface area contributed by atoms with E-state index in [0.29, 0.717) is 11.3 Å². The van der Waals surface area contributed by atoms with E-state index in [1.807, 2.05) is 18.2 Å². The number of nitrogens with one attached hydrogen (secondary N) is 1. The lowest BCUT2D eigenvalue weighted by atomic mass is 10.1. The minimum atomic E-state index is -3.83. The molecular formula is C19H16N2O5S. The van der Waals surface area contributed by atoms with Gasteiger partial charge in [0, 0.05) is 17.8 Å². The summed E-state index contributed by atoms with van der Waals surface area (Å²) in [5.41, 5.74) is 0.703. The molecule has 8 heteroatoms. The van der Waals surface area contributed by atoms with Crippen molar-refractivity contribution in [1.82, 2.24) is 0 Å². The average molecular weight is 384 g/mol. The number of carbonyl (C=O) groups is 1. The third kappa shape index (κ3) is 4.12. The smallest absolute Gasteiger partial charge is 0.269 e. The van der Waals surface area contributed by atoms with Gasteiger partial charge in [-0.2, -0.15) is 0 Å². The van der Waals surface area contributed by atoms with Crippen LogP contribution in [0.2, 0.25) is 0 Å². The maximum absolute atomic E-state index is 12.6. The van der Waals surface area contributed by atoms with Crippen LogP contribution >= 0.6 is 0 Å². The number of hydrogen-bond acceptors (Lipinski definition) is 5. The second kappa shape index (κ2) is 7.16. The summed E-state index contributed by atoms with van der Waals surface area (Å²) in [5, 5.41) is 14.9. The summed E-state index contributed by atoms with van der Waals surface area (Å²) in [6, 6.07) is 16.0. The van der Waals surface area contributed by atoms with Gasteiger partial charge in [-0.25, -0.2) is 8.42 Å². The summed E-state index contributed by atoms with van der Waals surface area (Å²) < 4.78 is 25.1. The van der Waals surface area contributed by atoms with Crippen molar-refractivity contribution >= 4 is 37.9 Å². The zero-order valence-corrected chi connectivity index (χ0v) is 15.2. The van der Waals surface area contributed by atoms with Gasteiger partial charge in [-0.3, -0.25) is 14.9 Å². The predicted octanol–water partition coefficient (Wildman–Crippen LogP) is 3.47. The van der Waals surface area contributed by atoms with Gasteiger partial charge in [0.1, 0.15) is 5.75 Å². The molecule has 0 saturated carbocycles. The fraction of sp³-hybridized carbons (Fsp3) is 0.105. The van der Waals surface area contributed by atoms with Crippen molar-refractivity contribution in [3.05, 3.63) is 76.3 Å². The molecule has 0 radical (unpaired) electrons. The Kier molecular flexibility index (Phi) is 4.91. The van der Waals surface area contributed by atoms with Crippen LogP contribution in [0.25, 0.3) is 10.8 Å². The highest BCUT2D eigenvalue weighted by atomic mass is 32.2. The van der Waals surface area contributed by atoms with Gasteiger partial charge < -0.3 is 5.32 Å². The number of rotatable bonds is 5. The van der Waals surface area contributed by atoms with E-state index in [9.17, 15) is 23.3 Å². The van der Waals surface area contributed by atoms with E-state index in [4.69, 9.17) is 0 Å². The largest absolute Gasteiger partial charge is 0.325 e. The first-order valence-electron chi connectivity index (χ1n) is 8.03. The van der Waals surface area contributed by atoms with Gasteiger partial charge in [0.2, 0.25) is 5.91 Å². The van der Waals surface area contributed by atoms with Crippen LogP contribution in [0, 0.1) is 17.0 Å². The summed E-state index contributed by atoms with van der Waals surface area (Å²) in [7, 11) is -3.83. The van der Waals surface area contributed by atoms with E-state index < -0.39 is 26.4 Å². The fourth-order valence-electron chi connectivity index (χ4n) is 2.70. The summed E-state index contributed by atoms with van der Waals surface area (Å²) in [5.74, 6) is -1.43. The second-order valence-corrected chi connectivity index (χ2v) is 8.06. The van der Waals surface area contributed by atoms with E-state index in [-0.39, 0.29) is 10.6 Å². The minimum absolute atomic E-state index is 0.0665. The Bertz CT molecular complexity index is 1160. The fourth-order valence-corrected chi connectivity index (χ4v) is 3.87. The Morgan fingerprint density at radius 2 is 1.74 bits per heavy atom. The number of nitrogens with zero attached hydrogens (tertiary/aromatic N) is 1. The average Bonchev–Trinajstić information content (AvgIpc) is 2.62. The van der Waals surface area contributed by atoms with Crippen LogP contribution in [-0.2, 0) is 14.6 Å². The molecule has 0 saturated heterocycles. The lowest BCUT2D eigenvalue weighted by Crippen LogP contribution is -2.23. The second-order valence-electron chi connectivity index (χ2n) is 6.07. The highest BCUT2D eigenvalue weighted by Crippen LogP contribution is 2.22. The Hall–Kier alpha value is -3.26. The highest BCUT2D eigenvalue weighted by molar-refractivity contribution is 7.92. The van der Waals surface area contributed by atoms with Crippen LogP contribution in [0.15, 0.2) is 65.6 Å². The Morgan fingerprint density at radius 3 is 2.41 bits per heavy atom. The highest BCUT2D eigenvalue weighted by Gasteiger charge is 2.20. The topological polar surface area (TPSA) is 106 Å². The number of hydrogen-bond donors (Lipinski definition) is 1. The molecule has 1 N–H and O–H groups in total. The van der Waals surface area contributed by atoms with Crippen molar-refractivity contribution < 1.29 is 18.1 Å². The number of amides is 1. The summed E-state index contributed by atoms with van der Waals surface area (Å²) in [6.07, 6.45) is 0. The molecule has 0 heterocycles. The van der Waals surface area contributed by atoms with Crippen molar-refractivity contribution in [2.75, 3.05) is 11.1 Å². The summed E-state index contributed by atoms with van der Waals surface area (Å²) in [6.45, 7) is 1.60. The minimum Gasteiger partial charge on any atom is -0.325 e. The Balaban J connectivity index is 1.78. The molecule has 0 atom stereocenters. The van der Waals surface area contributed by atoms with Gasteiger partial charge in [0.05, 0.1) is 9.82 Å². The number of nitro benzene ring substituents is 1. The quantitative estimate of drug-likeness (QED) is 0.535. The molecule has 3 rings (SSSR count). The van der Waals surface area contributed by atoms with Gasteiger partial charge in [0.15, 0.2) is 9.84 Å². The predicted molar refractivity (Wildman–Crippen MR) is 102 cm³/mol. The van der Waals surface area contributed by atoms with Crippen LogP contribution in [0.5, 0.6) is 0 Å². The molecule has 27 heavy (non-hydrogen) atoms. The lowest BCUT2D eigenvalue weighted by Gasteiger charge is -2.09. The van der Waals surface area contributed by atoms with E-state index in [0.717, 1.165) is 10.8 Å². The van der Waals surface area contributed by atoms with Crippen LogP contribution in [0.3, 0.4) is 0 Å². The first-order chi connectivity index (χ1) is 12.8. The zero-order chi connectivity index (χ0) is 19.6. The van der Waals surface area contributed by atoms with Gasteiger partial charge in [-0.1, -0.05) is 30.3 Å². The number of fused-ring (bicyclic) bond motifs is 1. The monoisotopic (exact) mass is 384 g/mol. The maximum atomic E-state index is 12.6. The van der Waals surface area contributed by atoms with Crippen LogP contribution in [0.1, 0.15) is 5.56 Å². The molecule has 0 aromatic heterocycles. The molecule has 3 aromatic rings. The Morgan fingerprint density at radius 1 is 1.04 bits per heavy atom. The number of nitro groups is 1. The van der Waals surface area contributed by atoms with Crippen molar-refractivity contribution in [2.24, 2.45) is 0 Å². The molecule has 3 aromatic carbocycles. The molecule has 0 fully saturated rings. The normalized spacial score (nSPS) is 11.3. The number of aryl methyl sites for hydroxylation is 1. The van der Waals surface area contributed by atoms with Crippen LogP contribution in [-0.4, -0.2) is 25.0 Å². The summed E-state index contributed by atoms with van der Waals surface area (Å²) in [4.78, 5) is 22.5. The molecule has 7 nitrogen and oxygen atoms in total. The molecule has 0 aliphatic rings. The molecular weight excluding hydrogens is 368 g/mol. The van der Waals surface area contributed by atoms with E-state index in [1.54, 1.807) is 19.1 Å². The molecule has 0 bridgehead atoms. The van der Waals surface area contributed by atoms with E-state index >= 15 is 0 Å². The molecule has 0 unspecified atom stereocenters. The lowest BCUT2D eigenvalue weighted by molar-refractivity contribution is -0.384. The number of benzene rings is 3. The van der Waals surface area contributed by atoms with Crippen molar-refractivity contribution in [1.29, 1.82) is 0 Å². The number of sulfone groups is 1. The zero-order valence-electron chi connectivity index (χ0n) is 14.4. The van der Waals surface area contributed by atoms with Gasteiger partial charge in [-0.05, 0) is 41.5 Å². The summed E-state index contributed by atoms with van der Waals surface area (Å²) >= 11 is 0. The molecule has 0 aliphatic heterocycles. The van der Waals surface area contributed by atoms with Crippen molar-refractivity contribution in [2.45, 2.75) is 11.8 Å². The number of anilines is 1. The third-order valence-corrected chi connectivity index (χ3v) is 5.71. The molecule has 138 valence electrons. The number of non-ortho nitro benzene ring substituents is 1. The maximum Gasteiger partial charge on any atom is 0.269 e. The van der Waals surface area contributed by atoms with Gasteiger partial charge in [-0.15, -0.1) is 0 Å². The molecule has 1 amide bonds. The van der Waals surface area contributed by atoms with Crippen LogP contribution in [0.4, 0.5) is 11.4 Å². The third-order valence-electron chi connectivity index (χ3n) is 4.10. The van der Waals surface area contributed by atoms with Crippen LogP contribution < -0.4 is 5.32 Å². The van der Waals surface area contributed by atoms with E-state index in [2.05, 4.69) is 5.32 Å².